The third kappa shape index (κ3) is 5.09. The van der Waals surface area contributed by atoms with Crippen molar-refractivity contribution in [3.05, 3.63) is 57.1 Å². The molecule has 2 aromatic rings. The van der Waals surface area contributed by atoms with Crippen molar-refractivity contribution in [2.75, 3.05) is 18.6 Å². The van der Waals surface area contributed by atoms with E-state index in [1.54, 1.807) is 30.5 Å². The van der Waals surface area contributed by atoms with Gasteiger partial charge in [0.25, 0.3) is 5.69 Å². The zero-order valence-electron chi connectivity index (χ0n) is 13.9. The molecule has 0 radical (unpaired) electrons. The summed E-state index contributed by atoms with van der Waals surface area (Å²) in [5.41, 5.74) is 3.95. The Morgan fingerprint density at radius 1 is 1.24 bits per heavy atom. The first-order valence-electron chi connectivity index (χ1n) is 7.67. The van der Waals surface area contributed by atoms with Crippen LogP contribution in [0.15, 0.2) is 41.5 Å². The maximum absolute atomic E-state index is 10.8. The van der Waals surface area contributed by atoms with Gasteiger partial charge in [0, 0.05) is 12.1 Å². The number of anilines is 1. The van der Waals surface area contributed by atoms with Crippen LogP contribution < -0.4 is 14.9 Å². The first-order valence-corrected chi connectivity index (χ1v) is 8.05. The number of hydrazone groups is 1. The number of non-ortho nitro benzene ring substituents is 1. The van der Waals surface area contributed by atoms with Gasteiger partial charge >= 0.3 is 0 Å². The van der Waals surface area contributed by atoms with Gasteiger partial charge in [0.2, 0.25) is 0 Å². The highest BCUT2D eigenvalue weighted by atomic mass is 35.5. The molecule has 0 aromatic heterocycles. The maximum Gasteiger partial charge on any atom is 0.271 e. The van der Waals surface area contributed by atoms with E-state index in [1.807, 2.05) is 13.8 Å². The second-order valence-electron chi connectivity index (χ2n) is 4.87. The molecule has 0 fully saturated rings. The first kappa shape index (κ1) is 18.5. The number of nitrogens with one attached hydrogen (secondary N) is 1. The molecule has 0 aliphatic carbocycles. The average Bonchev–Trinajstić information content (AvgIpc) is 2.58. The first-order chi connectivity index (χ1) is 12.0. The van der Waals surface area contributed by atoms with E-state index in [9.17, 15) is 10.1 Å². The number of ether oxygens (including phenoxy) is 2. The molecule has 0 aliphatic heterocycles. The third-order valence-electron chi connectivity index (χ3n) is 3.08. The van der Waals surface area contributed by atoms with Crippen molar-refractivity contribution >= 4 is 29.2 Å². The SMILES string of the molecule is CCOc1cc(C=NNc2cccc([N+](=O)[O-])c2)cc(Cl)c1OCC. The van der Waals surface area contributed by atoms with Crippen LogP contribution in [0.5, 0.6) is 11.5 Å². The molecule has 0 heterocycles. The fourth-order valence-corrected chi connectivity index (χ4v) is 2.35. The monoisotopic (exact) mass is 363 g/mol. The van der Waals surface area contributed by atoms with E-state index >= 15 is 0 Å². The third-order valence-corrected chi connectivity index (χ3v) is 3.37. The molecule has 0 amide bonds. The highest BCUT2D eigenvalue weighted by molar-refractivity contribution is 6.32. The van der Waals surface area contributed by atoms with Crippen LogP contribution >= 0.6 is 11.6 Å². The molecule has 1 N–H and O–H groups in total. The summed E-state index contributed by atoms with van der Waals surface area (Å²) in [6.07, 6.45) is 1.54. The molecule has 25 heavy (non-hydrogen) atoms. The van der Waals surface area contributed by atoms with Crippen LogP contribution in [0.1, 0.15) is 19.4 Å². The van der Waals surface area contributed by atoms with Crippen LogP contribution in [0.25, 0.3) is 0 Å². The average molecular weight is 364 g/mol. The summed E-state index contributed by atoms with van der Waals surface area (Å²) < 4.78 is 11.1. The molecule has 0 unspecified atom stereocenters. The van der Waals surface area contributed by atoms with E-state index < -0.39 is 4.92 Å². The summed E-state index contributed by atoms with van der Waals surface area (Å²) in [6.45, 7) is 4.68. The van der Waals surface area contributed by atoms with Gasteiger partial charge in [0.05, 0.1) is 35.1 Å². The molecule has 2 rings (SSSR count). The molecule has 0 atom stereocenters. The Hall–Kier alpha value is -2.80. The van der Waals surface area contributed by atoms with Crippen LogP contribution in [0.4, 0.5) is 11.4 Å². The molecule has 0 saturated heterocycles. The van der Waals surface area contributed by atoms with Crippen LogP contribution in [-0.2, 0) is 0 Å². The van der Waals surface area contributed by atoms with Gasteiger partial charge in [-0.25, -0.2) is 0 Å². The number of nitrogens with zero attached hydrogens (tertiary/aromatic N) is 2. The van der Waals surface area contributed by atoms with Crippen LogP contribution in [0.2, 0.25) is 5.02 Å². The second-order valence-corrected chi connectivity index (χ2v) is 5.28. The lowest BCUT2D eigenvalue weighted by Crippen LogP contribution is -2.00. The molecular formula is C17H18ClN3O4. The molecule has 0 aliphatic rings. The smallest absolute Gasteiger partial charge is 0.271 e. The topological polar surface area (TPSA) is 86.0 Å². The van der Waals surface area contributed by atoms with Crippen molar-refractivity contribution in [2.45, 2.75) is 13.8 Å². The van der Waals surface area contributed by atoms with Gasteiger partial charge in [-0.2, -0.15) is 5.10 Å². The van der Waals surface area contributed by atoms with Crippen LogP contribution in [0, 0.1) is 10.1 Å². The molecule has 132 valence electrons. The second kappa shape index (κ2) is 8.89. The summed E-state index contributed by atoms with van der Waals surface area (Å²) in [5.74, 6) is 1.03. The number of hydrogen-bond acceptors (Lipinski definition) is 6. The van der Waals surface area contributed by atoms with Crippen molar-refractivity contribution in [2.24, 2.45) is 5.10 Å². The lowest BCUT2D eigenvalue weighted by Gasteiger charge is -2.13. The van der Waals surface area contributed by atoms with E-state index in [-0.39, 0.29) is 5.69 Å². The zero-order chi connectivity index (χ0) is 18.2. The summed E-state index contributed by atoms with van der Waals surface area (Å²) in [5, 5.41) is 15.3. The predicted octanol–water partition coefficient (Wildman–Crippen LogP) is 4.49. The fourth-order valence-electron chi connectivity index (χ4n) is 2.08. The fraction of sp³-hybridized carbons (Fsp3) is 0.235. The maximum atomic E-state index is 10.8. The highest BCUT2D eigenvalue weighted by Gasteiger charge is 2.11. The van der Waals surface area contributed by atoms with E-state index in [0.29, 0.717) is 41.0 Å². The van der Waals surface area contributed by atoms with E-state index in [2.05, 4.69) is 10.5 Å². The zero-order valence-corrected chi connectivity index (χ0v) is 14.6. The summed E-state index contributed by atoms with van der Waals surface area (Å²) in [6, 6.07) is 9.54. The van der Waals surface area contributed by atoms with E-state index in [4.69, 9.17) is 21.1 Å². The Morgan fingerprint density at radius 2 is 2.00 bits per heavy atom. The van der Waals surface area contributed by atoms with E-state index in [1.165, 1.54) is 12.1 Å². The van der Waals surface area contributed by atoms with Crippen molar-refractivity contribution in [3.63, 3.8) is 0 Å². The summed E-state index contributed by atoms with van der Waals surface area (Å²) >= 11 is 6.24. The molecule has 0 bridgehead atoms. The largest absolute Gasteiger partial charge is 0.490 e. The number of hydrogen-bond donors (Lipinski definition) is 1. The highest BCUT2D eigenvalue weighted by Crippen LogP contribution is 2.36. The van der Waals surface area contributed by atoms with E-state index in [0.717, 1.165) is 0 Å². The standard InChI is InChI=1S/C17H18ClN3O4/c1-3-24-16-9-12(8-15(18)17(16)25-4-2)11-19-20-13-6-5-7-14(10-13)21(22)23/h5-11,20H,3-4H2,1-2H3. The quantitative estimate of drug-likeness (QED) is 0.424. The Morgan fingerprint density at radius 3 is 2.68 bits per heavy atom. The van der Waals surface area contributed by atoms with Crippen LogP contribution in [0.3, 0.4) is 0 Å². The molecule has 0 saturated carbocycles. The number of halogens is 1. The number of nitro groups is 1. The van der Waals surface area contributed by atoms with Crippen molar-refractivity contribution in [1.29, 1.82) is 0 Å². The van der Waals surface area contributed by atoms with Crippen molar-refractivity contribution in [3.8, 4) is 11.5 Å². The Labute approximate surface area is 150 Å². The normalized spacial score (nSPS) is 10.7. The summed E-state index contributed by atoms with van der Waals surface area (Å²) in [7, 11) is 0. The minimum absolute atomic E-state index is 0.0112. The number of benzene rings is 2. The number of rotatable bonds is 8. The molecular weight excluding hydrogens is 346 g/mol. The van der Waals surface area contributed by atoms with Gasteiger partial charge in [-0.15, -0.1) is 0 Å². The van der Waals surface area contributed by atoms with Gasteiger partial charge in [0.1, 0.15) is 0 Å². The predicted molar refractivity (Wildman–Crippen MR) is 98.1 cm³/mol. The Bertz CT molecular complexity index is 780. The Kier molecular flexibility index (Phi) is 6.59. The van der Waals surface area contributed by atoms with Gasteiger partial charge < -0.3 is 9.47 Å². The lowest BCUT2D eigenvalue weighted by atomic mass is 10.2. The van der Waals surface area contributed by atoms with Gasteiger partial charge in [-0.3, -0.25) is 15.5 Å². The minimum atomic E-state index is -0.463. The molecule has 0 spiro atoms. The molecule has 7 nitrogen and oxygen atoms in total. The van der Waals surface area contributed by atoms with Gasteiger partial charge in [0.15, 0.2) is 11.5 Å². The summed E-state index contributed by atoms with van der Waals surface area (Å²) in [4.78, 5) is 10.3. The van der Waals surface area contributed by atoms with Gasteiger partial charge in [-0.1, -0.05) is 17.7 Å². The molecule has 2 aromatic carbocycles. The van der Waals surface area contributed by atoms with Gasteiger partial charge in [-0.05, 0) is 37.6 Å². The molecule has 8 heteroatoms. The Balaban J connectivity index is 2.17. The number of nitro benzene ring substituents is 1. The minimum Gasteiger partial charge on any atom is -0.490 e. The van der Waals surface area contributed by atoms with Crippen molar-refractivity contribution in [1.82, 2.24) is 0 Å². The van der Waals surface area contributed by atoms with Crippen molar-refractivity contribution < 1.29 is 14.4 Å². The lowest BCUT2D eigenvalue weighted by molar-refractivity contribution is -0.384. The van der Waals surface area contributed by atoms with Crippen LogP contribution in [-0.4, -0.2) is 24.4 Å².